The average Bonchev–Trinajstić information content (AvgIpc) is 3.07. The lowest BCUT2D eigenvalue weighted by molar-refractivity contribution is 0.289. The summed E-state index contributed by atoms with van der Waals surface area (Å²) in [5, 5.41) is 11.1. The normalized spacial score (nSPS) is 15.8. The van der Waals surface area contributed by atoms with Crippen molar-refractivity contribution in [3.05, 3.63) is 45.9 Å². The summed E-state index contributed by atoms with van der Waals surface area (Å²) >= 11 is 1.80. The fraction of sp³-hybridized carbons (Fsp3) is 0.526. The molecule has 3 rings (SSSR count). The molecule has 0 aliphatic carbocycles. The van der Waals surface area contributed by atoms with Crippen LogP contribution in [0.2, 0.25) is 0 Å². The minimum absolute atomic E-state index is 0.275. The predicted octanol–water partition coefficient (Wildman–Crippen LogP) is 2.61. The van der Waals surface area contributed by atoms with E-state index in [2.05, 4.69) is 45.4 Å². The van der Waals surface area contributed by atoms with Crippen molar-refractivity contribution in [2.24, 2.45) is 0 Å². The van der Waals surface area contributed by atoms with E-state index in [4.69, 9.17) is 5.11 Å². The molecule has 0 radical (unpaired) electrons. The maximum absolute atomic E-state index is 8.91. The maximum Gasteiger partial charge on any atom is 0.0553 e. The second kappa shape index (κ2) is 8.60. The molecule has 24 heavy (non-hydrogen) atoms. The molecule has 5 heteroatoms. The highest BCUT2D eigenvalue weighted by molar-refractivity contribution is 7.10. The summed E-state index contributed by atoms with van der Waals surface area (Å²) in [7, 11) is 2.18. The van der Waals surface area contributed by atoms with E-state index < -0.39 is 0 Å². The van der Waals surface area contributed by atoms with Crippen molar-refractivity contribution in [3.63, 3.8) is 0 Å². The van der Waals surface area contributed by atoms with Crippen LogP contribution in [-0.2, 0) is 19.3 Å². The molecule has 2 aromatic rings. The van der Waals surface area contributed by atoms with Gasteiger partial charge in [0.05, 0.1) is 11.9 Å². The zero-order valence-corrected chi connectivity index (χ0v) is 15.3. The van der Waals surface area contributed by atoms with Crippen molar-refractivity contribution in [1.82, 2.24) is 9.88 Å². The van der Waals surface area contributed by atoms with Gasteiger partial charge >= 0.3 is 0 Å². The Morgan fingerprint density at radius 3 is 2.67 bits per heavy atom. The highest BCUT2D eigenvalue weighted by Gasteiger charge is 2.14. The van der Waals surface area contributed by atoms with Gasteiger partial charge in [0.25, 0.3) is 0 Å². The SMILES string of the molecule is CN1CCN(c2ccc(CCc3csc(CCCO)c3)nc2)CC1. The molecule has 0 atom stereocenters. The first-order chi connectivity index (χ1) is 11.7. The largest absolute Gasteiger partial charge is 0.396 e. The van der Waals surface area contributed by atoms with Crippen LogP contribution in [-0.4, -0.2) is 54.8 Å². The summed E-state index contributed by atoms with van der Waals surface area (Å²) < 4.78 is 0. The van der Waals surface area contributed by atoms with Crippen LogP contribution in [0.1, 0.15) is 22.6 Å². The molecular weight excluding hydrogens is 318 g/mol. The molecule has 1 N–H and O–H groups in total. The number of hydrogen-bond donors (Lipinski definition) is 1. The summed E-state index contributed by atoms with van der Waals surface area (Å²) in [6, 6.07) is 6.67. The van der Waals surface area contributed by atoms with Crippen LogP contribution in [0.15, 0.2) is 29.8 Å². The van der Waals surface area contributed by atoms with Gasteiger partial charge in [-0.2, -0.15) is 0 Å². The molecule has 1 aliphatic rings. The molecule has 4 nitrogen and oxygen atoms in total. The highest BCUT2D eigenvalue weighted by Crippen LogP contribution is 2.19. The van der Waals surface area contributed by atoms with E-state index in [1.807, 2.05) is 6.20 Å². The zero-order chi connectivity index (χ0) is 16.8. The Balaban J connectivity index is 1.50. The molecule has 1 aliphatic heterocycles. The Bertz CT molecular complexity index is 618. The molecule has 0 aromatic carbocycles. The van der Waals surface area contributed by atoms with Gasteiger partial charge in [-0.1, -0.05) is 0 Å². The summed E-state index contributed by atoms with van der Waals surface area (Å²) in [5.74, 6) is 0. The Kier molecular flexibility index (Phi) is 6.24. The van der Waals surface area contributed by atoms with Crippen LogP contribution in [0, 0.1) is 0 Å². The van der Waals surface area contributed by atoms with E-state index in [0.717, 1.165) is 57.6 Å². The number of aromatic nitrogens is 1. The third kappa shape index (κ3) is 4.79. The Morgan fingerprint density at radius 1 is 1.12 bits per heavy atom. The van der Waals surface area contributed by atoms with E-state index in [1.54, 1.807) is 11.3 Å². The number of anilines is 1. The lowest BCUT2D eigenvalue weighted by atomic mass is 10.1. The monoisotopic (exact) mass is 345 g/mol. The van der Waals surface area contributed by atoms with Gasteiger partial charge in [0, 0.05) is 43.4 Å². The van der Waals surface area contributed by atoms with Gasteiger partial charge in [0.1, 0.15) is 0 Å². The Hall–Kier alpha value is -1.43. The number of likely N-dealkylation sites (N-methyl/N-ethyl adjacent to an activating group) is 1. The van der Waals surface area contributed by atoms with Gasteiger partial charge in [-0.25, -0.2) is 0 Å². The number of rotatable bonds is 7. The number of thiophene rings is 1. The fourth-order valence-corrected chi connectivity index (χ4v) is 4.00. The van der Waals surface area contributed by atoms with Gasteiger partial charge < -0.3 is 14.9 Å². The maximum atomic E-state index is 8.91. The third-order valence-corrected chi connectivity index (χ3v) is 5.68. The van der Waals surface area contributed by atoms with Crippen LogP contribution in [0.25, 0.3) is 0 Å². The molecule has 3 heterocycles. The smallest absolute Gasteiger partial charge is 0.0553 e. The van der Waals surface area contributed by atoms with Gasteiger partial charge in [0.2, 0.25) is 0 Å². The standard InChI is InChI=1S/C19H27N3OS/c1-21-8-10-22(11-9-21)18-7-6-17(20-14-18)5-4-16-13-19(24-15-16)3-2-12-23/h6-7,13-15,23H,2-5,8-12H2,1H3. The molecule has 0 saturated carbocycles. The third-order valence-electron chi connectivity index (χ3n) is 4.64. The van der Waals surface area contributed by atoms with Gasteiger partial charge in [-0.15, -0.1) is 11.3 Å². The van der Waals surface area contributed by atoms with E-state index >= 15 is 0 Å². The van der Waals surface area contributed by atoms with Crippen molar-refractivity contribution in [1.29, 1.82) is 0 Å². The van der Waals surface area contributed by atoms with Crippen LogP contribution in [0.4, 0.5) is 5.69 Å². The topological polar surface area (TPSA) is 39.6 Å². The minimum atomic E-state index is 0.275. The lowest BCUT2D eigenvalue weighted by Crippen LogP contribution is -2.44. The second-order valence-corrected chi connectivity index (χ2v) is 7.54. The Morgan fingerprint density at radius 2 is 1.96 bits per heavy atom. The number of piperazine rings is 1. The van der Waals surface area contributed by atoms with Crippen LogP contribution in [0.5, 0.6) is 0 Å². The van der Waals surface area contributed by atoms with E-state index in [0.29, 0.717) is 0 Å². The van der Waals surface area contributed by atoms with Crippen molar-refractivity contribution in [2.45, 2.75) is 25.7 Å². The summed E-state index contributed by atoms with van der Waals surface area (Å²) in [4.78, 5) is 10.8. The first-order valence-corrected chi connectivity index (χ1v) is 9.68. The molecule has 0 unspecified atom stereocenters. The quantitative estimate of drug-likeness (QED) is 0.837. The molecule has 1 saturated heterocycles. The van der Waals surface area contributed by atoms with Crippen molar-refractivity contribution < 1.29 is 5.11 Å². The number of hydrogen-bond acceptors (Lipinski definition) is 5. The second-order valence-electron chi connectivity index (χ2n) is 6.55. The predicted molar refractivity (Wildman–Crippen MR) is 101 cm³/mol. The van der Waals surface area contributed by atoms with Crippen molar-refractivity contribution in [3.8, 4) is 0 Å². The van der Waals surface area contributed by atoms with Crippen molar-refractivity contribution in [2.75, 3.05) is 44.7 Å². The number of aliphatic hydroxyl groups is 1. The fourth-order valence-electron chi connectivity index (χ4n) is 3.03. The van der Waals surface area contributed by atoms with Gasteiger partial charge in [-0.05, 0) is 61.9 Å². The summed E-state index contributed by atoms with van der Waals surface area (Å²) in [6.07, 6.45) is 5.89. The highest BCUT2D eigenvalue weighted by atomic mass is 32.1. The number of pyridine rings is 1. The molecule has 0 spiro atoms. The molecule has 0 amide bonds. The zero-order valence-electron chi connectivity index (χ0n) is 14.4. The van der Waals surface area contributed by atoms with Crippen molar-refractivity contribution >= 4 is 17.0 Å². The molecule has 0 bridgehead atoms. The lowest BCUT2D eigenvalue weighted by Gasteiger charge is -2.33. The molecule has 2 aromatic heterocycles. The van der Waals surface area contributed by atoms with Gasteiger partial charge in [-0.3, -0.25) is 4.98 Å². The van der Waals surface area contributed by atoms with Gasteiger partial charge in [0.15, 0.2) is 0 Å². The number of aryl methyl sites for hydroxylation is 3. The molecule has 1 fully saturated rings. The van der Waals surface area contributed by atoms with Crippen LogP contribution < -0.4 is 4.90 Å². The van der Waals surface area contributed by atoms with E-state index in [-0.39, 0.29) is 6.61 Å². The number of nitrogens with zero attached hydrogens (tertiary/aromatic N) is 3. The Labute approximate surface area is 148 Å². The summed E-state index contributed by atoms with van der Waals surface area (Å²) in [6.45, 7) is 4.69. The molecule has 130 valence electrons. The molecular formula is C19H27N3OS. The first-order valence-electron chi connectivity index (χ1n) is 8.80. The minimum Gasteiger partial charge on any atom is -0.396 e. The number of aliphatic hydroxyl groups excluding tert-OH is 1. The summed E-state index contributed by atoms with van der Waals surface area (Å²) in [5.41, 5.74) is 3.79. The van der Waals surface area contributed by atoms with Crippen LogP contribution in [0.3, 0.4) is 0 Å². The average molecular weight is 346 g/mol. The first kappa shape index (κ1) is 17.4. The van der Waals surface area contributed by atoms with E-state index in [9.17, 15) is 0 Å². The van der Waals surface area contributed by atoms with E-state index in [1.165, 1.54) is 16.1 Å². The van der Waals surface area contributed by atoms with Crippen LogP contribution >= 0.6 is 11.3 Å².